The molecule has 3 nitrogen and oxygen atoms in total. The van der Waals surface area contributed by atoms with Crippen LogP contribution in [0.4, 0.5) is 0 Å². The van der Waals surface area contributed by atoms with Gasteiger partial charge in [-0.1, -0.05) is 13.0 Å². The third-order valence-corrected chi connectivity index (χ3v) is 2.56. The lowest BCUT2D eigenvalue weighted by molar-refractivity contribution is 0.410. The maximum atomic E-state index is 5.30. The second-order valence-corrected chi connectivity index (χ2v) is 3.51. The molecule has 0 aliphatic carbocycles. The molecule has 0 bridgehead atoms. The van der Waals surface area contributed by atoms with Gasteiger partial charge in [-0.2, -0.15) is 0 Å². The first-order chi connectivity index (χ1) is 7.85. The molecule has 2 rings (SSSR count). The van der Waals surface area contributed by atoms with Gasteiger partial charge in [-0.25, -0.2) is 9.97 Å². The van der Waals surface area contributed by atoms with Crippen molar-refractivity contribution in [3.05, 3.63) is 42.5 Å². The minimum atomic E-state index is 0.933. The Morgan fingerprint density at radius 3 is 2.50 bits per heavy atom. The summed E-state index contributed by atoms with van der Waals surface area (Å²) in [7, 11) is 1.69. The van der Waals surface area contributed by atoms with Gasteiger partial charge in [0.1, 0.15) is 12.1 Å². The number of ether oxygens (including phenoxy) is 1. The maximum absolute atomic E-state index is 5.30. The van der Waals surface area contributed by atoms with Crippen LogP contribution in [0.1, 0.15) is 12.5 Å². The SMILES string of the molecule is CCc1cc(-c2cncnc2)ccc1OC. The van der Waals surface area contributed by atoms with Gasteiger partial charge >= 0.3 is 0 Å². The van der Waals surface area contributed by atoms with E-state index in [1.165, 1.54) is 11.9 Å². The van der Waals surface area contributed by atoms with Gasteiger partial charge < -0.3 is 4.74 Å². The third kappa shape index (κ3) is 2.03. The van der Waals surface area contributed by atoms with E-state index >= 15 is 0 Å². The average molecular weight is 214 g/mol. The summed E-state index contributed by atoms with van der Waals surface area (Å²) in [6.07, 6.45) is 6.11. The van der Waals surface area contributed by atoms with Crippen molar-refractivity contribution >= 4 is 0 Å². The number of aromatic nitrogens is 2. The Balaban J connectivity index is 2.44. The van der Waals surface area contributed by atoms with Crippen LogP contribution in [0.25, 0.3) is 11.1 Å². The minimum Gasteiger partial charge on any atom is -0.496 e. The van der Waals surface area contributed by atoms with Crippen molar-refractivity contribution in [2.75, 3.05) is 7.11 Å². The summed E-state index contributed by atoms with van der Waals surface area (Å²) in [4.78, 5) is 8.03. The van der Waals surface area contributed by atoms with Crippen LogP contribution in [0, 0.1) is 0 Å². The molecule has 1 heterocycles. The highest BCUT2D eigenvalue weighted by molar-refractivity contribution is 5.64. The topological polar surface area (TPSA) is 35.0 Å². The molecule has 0 N–H and O–H groups in total. The molecule has 0 atom stereocenters. The first-order valence-corrected chi connectivity index (χ1v) is 5.27. The summed E-state index contributed by atoms with van der Waals surface area (Å²) < 4.78 is 5.30. The molecule has 0 saturated carbocycles. The normalized spacial score (nSPS) is 10.1. The molecule has 0 amide bonds. The summed E-state index contributed by atoms with van der Waals surface area (Å²) in [5, 5.41) is 0. The first-order valence-electron chi connectivity index (χ1n) is 5.27. The lowest BCUT2D eigenvalue weighted by Crippen LogP contribution is -1.91. The molecule has 82 valence electrons. The molecule has 0 saturated heterocycles. The van der Waals surface area contributed by atoms with E-state index in [-0.39, 0.29) is 0 Å². The molecule has 0 spiro atoms. The highest BCUT2D eigenvalue weighted by atomic mass is 16.5. The molecule has 0 radical (unpaired) electrons. The van der Waals surface area contributed by atoms with Crippen molar-refractivity contribution in [1.82, 2.24) is 9.97 Å². The lowest BCUT2D eigenvalue weighted by atomic mass is 10.0. The zero-order valence-corrected chi connectivity index (χ0v) is 9.47. The van der Waals surface area contributed by atoms with Crippen LogP contribution in [-0.2, 0) is 6.42 Å². The minimum absolute atomic E-state index is 0.933. The fraction of sp³-hybridized carbons (Fsp3) is 0.231. The van der Waals surface area contributed by atoms with Crippen molar-refractivity contribution in [1.29, 1.82) is 0 Å². The lowest BCUT2D eigenvalue weighted by Gasteiger charge is -2.08. The molecule has 16 heavy (non-hydrogen) atoms. The third-order valence-electron chi connectivity index (χ3n) is 2.56. The van der Waals surface area contributed by atoms with E-state index in [4.69, 9.17) is 4.74 Å². The number of hydrogen-bond donors (Lipinski definition) is 0. The van der Waals surface area contributed by atoms with E-state index < -0.39 is 0 Å². The Labute approximate surface area is 95.1 Å². The number of benzene rings is 1. The molecule has 0 aliphatic rings. The number of rotatable bonds is 3. The van der Waals surface area contributed by atoms with Gasteiger partial charge in [0.15, 0.2) is 0 Å². The van der Waals surface area contributed by atoms with Gasteiger partial charge in [-0.15, -0.1) is 0 Å². The summed E-state index contributed by atoms with van der Waals surface area (Å²) in [5.41, 5.74) is 3.35. The highest BCUT2D eigenvalue weighted by Crippen LogP contribution is 2.25. The van der Waals surface area contributed by atoms with Crippen molar-refractivity contribution in [3.8, 4) is 16.9 Å². The molecular formula is C13H14N2O. The molecule has 0 fully saturated rings. The largest absolute Gasteiger partial charge is 0.496 e. The molecule has 1 aromatic heterocycles. The van der Waals surface area contributed by atoms with Gasteiger partial charge in [-0.3, -0.25) is 0 Å². The summed E-state index contributed by atoms with van der Waals surface area (Å²) >= 11 is 0. The van der Waals surface area contributed by atoms with Gasteiger partial charge in [-0.05, 0) is 29.7 Å². The van der Waals surface area contributed by atoms with E-state index in [0.29, 0.717) is 0 Å². The second-order valence-electron chi connectivity index (χ2n) is 3.51. The summed E-state index contributed by atoms with van der Waals surface area (Å²) in [6, 6.07) is 6.13. The van der Waals surface area contributed by atoms with Gasteiger partial charge in [0, 0.05) is 18.0 Å². The quantitative estimate of drug-likeness (QED) is 0.788. The fourth-order valence-corrected chi connectivity index (χ4v) is 1.68. The number of nitrogens with zero attached hydrogens (tertiary/aromatic N) is 2. The predicted octanol–water partition coefficient (Wildman–Crippen LogP) is 2.71. The van der Waals surface area contributed by atoms with Crippen LogP contribution in [0.2, 0.25) is 0 Å². The van der Waals surface area contributed by atoms with Crippen LogP contribution >= 0.6 is 0 Å². The molecule has 1 aromatic carbocycles. The Bertz CT molecular complexity index is 469. The average Bonchev–Trinajstić information content (AvgIpc) is 2.39. The van der Waals surface area contributed by atoms with Gasteiger partial charge in [0.25, 0.3) is 0 Å². The Kier molecular flexibility index (Phi) is 3.15. The molecule has 3 heteroatoms. The zero-order chi connectivity index (χ0) is 11.4. The first kappa shape index (κ1) is 10.6. The Morgan fingerprint density at radius 2 is 1.88 bits per heavy atom. The molecule has 2 aromatic rings. The van der Waals surface area contributed by atoms with E-state index in [1.54, 1.807) is 7.11 Å². The number of aryl methyl sites for hydroxylation is 1. The number of methoxy groups -OCH3 is 1. The molecule has 0 aliphatic heterocycles. The maximum Gasteiger partial charge on any atom is 0.122 e. The zero-order valence-electron chi connectivity index (χ0n) is 9.47. The van der Waals surface area contributed by atoms with Crippen molar-refractivity contribution in [2.45, 2.75) is 13.3 Å². The monoisotopic (exact) mass is 214 g/mol. The molecule has 0 unspecified atom stereocenters. The standard InChI is InChI=1S/C13H14N2O/c1-3-10-6-11(4-5-13(10)16-2)12-7-14-9-15-8-12/h4-9H,3H2,1-2H3. The Hall–Kier alpha value is -1.90. The van der Waals surface area contributed by atoms with E-state index in [9.17, 15) is 0 Å². The van der Waals surface area contributed by atoms with Crippen LogP contribution in [0.15, 0.2) is 36.9 Å². The van der Waals surface area contributed by atoms with Crippen molar-refractivity contribution in [2.24, 2.45) is 0 Å². The highest BCUT2D eigenvalue weighted by Gasteiger charge is 2.04. The van der Waals surface area contributed by atoms with Crippen LogP contribution in [-0.4, -0.2) is 17.1 Å². The Morgan fingerprint density at radius 1 is 1.12 bits per heavy atom. The van der Waals surface area contributed by atoms with Gasteiger partial charge in [0.2, 0.25) is 0 Å². The summed E-state index contributed by atoms with van der Waals surface area (Å²) in [5.74, 6) is 0.933. The number of hydrogen-bond acceptors (Lipinski definition) is 3. The van der Waals surface area contributed by atoms with Gasteiger partial charge in [0.05, 0.1) is 7.11 Å². The van der Waals surface area contributed by atoms with Crippen molar-refractivity contribution in [3.63, 3.8) is 0 Å². The van der Waals surface area contributed by atoms with Crippen LogP contribution in [0.5, 0.6) is 5.75 Å². The van der Waals surface area contributed by atoms with Crippen LogP contribution < -0.4 is 4.74 Å². The van der Waals surface area contributed by atoms with Crippen LogP contribution in [0.3, 0.4) is 0 Å². The van der Waals surface area contributed by atoms with E-state index in [0.717, 1.165) is 23.3 Å². The molecular weight excluding hydrogens is 200 g/mol. The van der Waals surface area contributed by atoms with E-state index in [1.807, 2.05) is 24.5 Å². The van der Waals surface area contributed by atoms with Crippen molar-refractivity contribution < 1.29 is 4.74 Å². The smallest absolute Gasteiger partial charge is 0.122 e. The second kappa shape index (κ2) is 4.75. The fourth-order valence-electron chi connectivity index (χ4n) is 1.68. The summed E-state index contributed by atoms with van der Waals surface area (Å²) in [6.45, 7) is 2.11. The van der Waals surface area contributed by atoms with E-state index in [2.05, 4.69) is 23.0 Å². The predicted molar refractivity (Wildman–Crippen MR) is 63.4 cm³/mol.